The van der Waals surface area contributed by atoms with Crippen molar-refractivity contribution in [1.82, 2.24) is 5.32 Å². The third-order valence-electron chi connectivity index (χ3n) is 3.48. The lowest BCUT2D eigenvalue weighted by molar-refractivity contribution is 0.441. The van der Waals surface area contributed by atoms with Gasteiger partial charge in [0, 0.05) is 10.6 Å². The van der Waals surface area contributed by atoms with Crippen molar-refractivity contribution in [3.05, 3.63) is 34.9 Å². The second-order valence-electron chi connectivity index (χ2n) is 4.73. The molecule has 0 amide bonds. The van der Waals surface area contributed by atoms with E-state index in [9.17, 15) is 0 Å². The summed E-state index contributed by atoms with van der Waals surface area (Å²) in [6.45, 7) is 4.56. The molecule has 1 saturated carbocycles. The van der Waals surface area contributed by atoms with Gasteiger partial charge in [0.1, 0.15) is 0 Å². The van der Waals surface area contributed by atoms with E-state index in [0.29, 0.717) is 5.41 Å². The molecule has 0 heterocycles. The van der Waals surface area contributed by atoms with E-state index >= 15 is 0 Å². The minimum Gasteiger partial charge on any atom is -0.310 e. The molecule has 1 nitrogen and oxygen atoms in total. The van der Waals surface area contributed by atoms with Crippen molar-refractivity contribution in [2.75, 3.05) is 7.05 Å². The number of hydrogen-bond acceptors (Lipinski definition) is 1. The number of halogens is 1. The Morgan fingerprint density at radius 1 is 1.36 bits per heavy atom. The number of rotatable bonds is 2. The molecule has 1 unspecified atom stereocenters. The van der Waals surface area contributed by atoms with Crippen molar-refractivity contribution in [3.63, 3.8) is 0 Å². The first-order valence-corrected chi connectivity index (χ1v) is 5.35. The molecule has 76 valence electrons. The molecule has 0 bridgehead atoms. The fourth-order valence-electron chi connectivity index (χ4n) is 2.44. The van der Waals surface area contributed by atoms with Gasteiger partial charge >= 0.3 is 0 Å². The van der Waals surface area contributed by atoms with Crippen LogP contribution in [0.25, 0.3) is 0 Å². The highest BCUT2D eigenvalue weighted by molar-refractivity contribution is 6.30. The van der Waals surface area contributed by atoms with Crippen LogP contribution in [-0.2, 0) is 5.54 Å². The van der Waals surface area contributed by atoms with Crippen molar-refractivity contribution >= 4 is 11.6 Å². The highest BCUT2D eigenvalue weighted by Crippen LogP contribution is 2.62. The first kappa shape index (κ1) is 10.0. The molecule has 1 aliphatic rings. The Labute approximate surface area is 90.5 Å². The summed E-state index contributed by atoms with van der Waals surface area (Å²) in [5.74, 6) is 0. The Morgan fingerprint density at radius 3 is 2.43 bits per heavy atom. The third kappa shape index (κ3) is 1.27. The number of nitrogens with one attached hydrogen (secondary N) is 1. The Hall–Kier alpha value is -0.530. The second-order valence-corrected chi connectivity index (χ2v) is 5.16. The maximum Gasteiger partial charge on any atom is 0.0491 e. The number of hydrogen-bond donors (Lipinski definition) is 1. The van der Waals surface area contributed by atoms with Crippen molar-refractivity contribution in [2.24, 2.45) is 5.41 Å². The first-order chi connectivity index (χ1) is 6.52. The van der Waals surface area contributed by atoms with Gasteiger partial charge in [-0.15, -0.1) is 0 Å². The molecule has 0 spiro atoms. The molecule has 2 heteroatoms. The summed E-state index contributed by atoms with van der Waals surface area (Å²) in [5.41, 5.74) is 1.78. The van der Waals surface area contributed by atoms with Crippen LogP contribution in [0.5, 0.6) is 0 Å². The zero-order chi connectivity index (χ0) is 10.4. The van der Waals surface area contributed by atoms with E-state index < -0.39 is 0 Å². The molecule has 2 rings (SSSR count). The lowest BCUT2D eigenvalue weighted by atomic mass is 9.96. The smallest absolute Gasteiger partial charge is 0.0491 e. The van der Waals surface area contributed by atoms with Gasteiger partial charge in [-0.1, -0.05) is 37.6 Å². The molecule has 1 N–H and O–H groups in total. The van der Waals surface area contributed by atoms with Crippen LogP contribution in [-0.4, -0.2) is 7.05 Å². The van der Waals surface area contributed by atoms with Gasteiger partial charge in [-0.2, -0.15) is 0 Å². The van der Waals surface area contributed by atoms with E-state index in [-0.39, 0.29) is 5.54 Å². The molecule has 1 fully saturated rings. The molecule has 1 aromatic rings. The molecule has 0 radical (unpaired) electrons. The lowest BCUT2D eigenvalue weighted by Crippen LogP contribution is -2.29. The van der Waals surface area contributed by atoms with E-state index in [2.05, 4.69) is 31.3 Å². The molecular weight excluding hydrogens is 194 g/mol. The molecule has 0 saturated heterocycles. The zero-order valence-electron chi connectivity index (χ0n) is 8.89. The fraction of sp³-hybridized carbons (Fsp3) is 0.500. The predicted molar refractivity (Wildman–Crippen MR) is 60.6 cm³/mol. The van der Waals surface area contributed by atoms with Crippen LogP contribution in [0.1, 0.15) is 25.8 Å². The SMILES string of the molecule is CNC1(c2cccc(Cl)c2)CC1(C)C. The van der Waals surface area contributed by atoms with Gasteiger partial charge in [0.25, 0.3) is 0 Å². The highest BCUT2D eigenvalue weighted by atomic mass is 35.5. The van der Waals surface area contributed by atoms with Crippen LogP contribution in [0.3, 0.4) is 0 Å². The summed E-state index contributed by atoms with van der Waals surface area (Å²) < 4.78 is 0. The van der Waals surface area contributed by atoms with Gasteiger partial charge in [0.05, 0.1) is 0 Å². The van der Waals surface area contributed by atoms with Crippen LogP contribution in [0.2, 0.25) is 5.02 Å². The average molecular weight is 210 g/mol. The minimum atomic E-state index is 0.137. The van der Waals surface area contributed by atoms with E-state index in [1.165, 1.54) is 12.0 Å². The Kier molecular flexibility index (Phi) is 2.13. The summed E-state index contributed by atoms with van der Waals surface area (Å²) in [5, 5.41) is 4.25. The molecule has 1 aromatic carbocycles. The van der Waals surface area contributed by atoms with Crippen LogP contribution in [0.4, 0.5) is 0 Å². The molecule has 0 aromatic heterocycles. The zero-order valence-corrected chi connectivity index (χ0v) is 9.65. The largest absolute Gasteiger partial charge is 0.310 e. The minimum absolute atomic E-state index is 0.137. The summed E-state index contributed by atoms with van der Waals surface area (Å²) in [4.78, 5) is 0. The maximum absolute atomic E-state index is 6.00. The van der Waals surface area contributed by atoms with Gasteiger partial charge in [0.2, 0.25) is 0 Å². The van der Waals surface area contributed by atoms with Crippen LogP contribution < -0.4 is 5.32 Å². The van der Waals surface area contributed by atoms with Gasteiger partial charge in [-0.05, 0) is 36.6 Å². The van der Waals surface area contributed by atoms with E-state index in [1.807, 2.05) is 19.2 Å². The Bertz CT molecular complexity index is 359. The summed E-state index contributed by atoms with van der Waals surface area (Å²) in [6, 6.07) is 8.15. The third-order valence-corrected chi connectivity index (χ3v) is 3.72. The van der Waals surface area contributed by atoms with Crippen molar-refractivity contribution < 1.29 is 0 Å². The Balaban J connectivity index is 2.40. The van der Waals surface area contributed by atoms with Gasteiger partial charge in [-0.3, -0.25) is 0 Å². The van der Waals surface area contributed by atoms with Gasteiger partial charge < -0.3 is 5.32 Å². The summed E-state index contributed by atoms with van der Waals surface area (Å²) in [6.07, 6.45) is 1.18. The second kappa shape index (κ2) is 2.98. The van der Waals surface area contributed by atoms with E-state index in [0.717, 1.165) is 5.02 Å². The summed E-state index contributed by atoms with van der Waals surface area (Å²) in [7, 11) is 2.02. The monoisotopic (exact) mass is 209 g/mol. The topological polar surface area (TPSA) is 12.0 Å². The molecule has 0 aliphatic heterocycles. The highest BCUT2D eigenvalue weighted by Gasteiger charge is 2.61. The maximum atomic E-state index is 6.00. The molecule has 14 heavy (non-hydrogen) atoms. The van der Waals surface area contributed by atoms with Crippen molar-refractivity contribution in [2.45, 2.75) is 25.8 Å². The standard InChI is InChI=1S/C12H16ClN/c1-11(2)8-12(11,14-3)9-5-4-6-10(13)7-9/h4-7,14H,8H2,1-3H3. The first-order valence-electron chi connectivity index (χ1n) is 4.97. The number of benzene rings is 1. The van der Waals surface area contributed by atoms with E-state index in [4.69, 9.17) is 11.6 Å². The normalized spacial score (nSPS) is 28.9. The van der Waals surface area contributed by atoms with Crippen LogP contribution >= 0.6 is 11.6 Å². The average Bonchev–Trinajstić information content (AvgIpc) is 2.70. The molecule has 1 atom stereocenters. The Morgan fingerprint density at radius 2 is 2.00 bits per heavy atom. The predicted octanol–water partition coefficient (Wildman–Crippen LogP) is 3.18. The molecular formula is C12H16ClN. The quantitative estimate of drug-likeness (QED) is 0.789. The fourth-order valence-corrected chi connectivity index (χ4v) is 2.63. The lowest BCUT2D eigenvalue weighted by Gasteiger charge is -2.20. The van der Waals surface area contributed by atoms with E-state index in [1.54, 1.807) is 0 Å². The summed E-state index contributed by atoms with van der Waals surface area (Å²) >= 11 is 6.00. The van der Waals surface area contributed by atoms with Crippen LogP contribution in [0, 0.1) is 5.41 Å². The molecule has 1 aliphatic carbocycles. The van der Waals surface area contributed by atoms with Gasteiger partial charge in [-0.25, -0.2) is 0 Å². The van der Waals surface area contributed by atoms with Crippen LogP contribution in [0.15, 0.2) is 24.3 Å². The van der Waals surface area contributed by atoms with Gasteiger partial charge in [0.15, 0.2) is 0 Å². The van der Waals surface area contributed by atoms with Crippen molar-refractivity contribution in [1.29, 1.82) is 0 Å². The van der Waals surface area contributed by atoms with Crippen molar-refractivity contribution in [3.8, 4) is 0 Å².